The Morgan fingerprint density at radius 3 is 2.76 bits per heavy atom. The molecule has 1 atom stereocenters. The second kappa shape index (κ2) is 10.8. The molecule has 1 saturated heterocycles. The van der Waals surface area contributed by atoms with Crippen LogP contribution in [0.1, 0.15) is 12.2 Å². The van der Waals surface area contributed by atoms with E-state index < -0.39 is 5.25 Å². The van der Waals surface area contributed by atoms with Gasteiger partial charge in [-0.2, -0.15) is 5.10 Å². The fraction of sp³-hybridized carbons (Fsp3) is 0.130. The van der Waals surface area contributed by atoms with Crippen LogP contribution >= 0.6 is 35.0 Å². The molecule has 1 fully saturated rings. The van der Waals surface area contributed by atoms with Crippen LogP contribution < -0.4 is 15.4 Å². The van der Waals surface area contributed by atoms with Crippen molar-refractivity contribution >= 4 is 63.8 Å². The second-order valence-electron chi connectivity index (χ2n) is 7.03. The maximum atomic E-state index is 12.3. The summed E-state index contributed by atoms with van der Waals surface area (Å²) in [6.45, 7) is 0. The maximum absolute atomic E-state index is 12.3. The Morgan fingerprint density at radius 2 is 2.00 bits per heavy atom. The van der Waals surface area contributed by atoms with Gasteiger partial charge in [-0.05, 0) is 48.5 Å². The average Bonchev–Trinajstić information content (AvgIpc) is 3.42. The number of benzene rings is 2. The first-order valence-corrected chi connectivity index (χ1v) is 11.6. The van der Waals surface area contributed by atoms with Crippen molar-refractivity contribution in [3.05, 3.63) is 70.4 Å². The highest BCUT2D eigenvalue weighted by Crippen LogP contribution is 2.34. The number of ether oxygens (including phenoxy) is 1. The summed E-state index contributed by atoms with van der Waals surface area (Å²) in [7, 11) is 1.57. The van der Waals surface area contributed by atoms with Crippen LogP contribution in [0.15, 0.2) is 69.2 Å². The molecule has 2 N–H and O–H groups in total. The van der Waals surface area contributed by atoms with Gasteiger partial charge in [0, 0.05) is 17.7 Å². The molecule has 3 aromatic rings. The van der Waals surface area contributed by atoms with E-state index in [1.807, 2.05) is 0 Å². The van der Waals surface area contributed by atoms with E-state index >= 15 is 0 Å². The molecule has 1 aliphatic heterocycles. The summed E-state index contributed by atoms with van der Waals surface area (Å²) in [5.41, 5.74) is 1.28. The summed E-state index contributed by atoms with van der Waals surface area (Å²) < 4.78 is 10.8. The molecule has 0 bridgehead atoms. The predicted octanol–water partition coefficient (Wildman–Crippen LogP) is 5.21. The zero-order valence-electron chi connectivity index (χ0n) is 17.7. The molecule has 2 amide bonds. The van der Waals surface area contributed by atoms with E-state index in [0.717, 1.165) is 11.8 Å². The van der Waals surface area contributed by atoms with Gasteiger partial charge in [-0.25, -0.2) is 0 Å². The quantitative estimate of drug-likeness (QED) is 0.331. The molecule has 0 radical (unpaired) electrons. The fourth-order valence-corrected chi connectivity index (χ4v) is 4.36. The molecule has 1 aromatic heterocycles. The summed E-state index contributed by atoms with van der Waals surface area (Å²) in [6, 6.07) is 15.6. The monoisotopic (exact) mass is 516 g/mol. The van der Waals surface area contributed by atoms with Crippen LogP contribution in [-0.4, -0.2) is 35.6 Å². The Morgan fingerprint density at radius 1 is 1.21 bits per heavy atom. The third-order valence-electron chi connectivity index (χ3n) is 4.70. The van der Waals surface area contributed by atoms with E-state index in [4.69, 9.17) is 32.4 Å². The summed E-state index contributed by atoms with van der Waals surface area (Å²) >= 11 is 13.4. The summed E-state index contributed by atoms with van der Waals surface area (Å²) in [4.78, 5) is 24.5. The van der Waals surface area contributed by atoms with Crippen molar-refractivity contribution < 1.29 is 18.7 Å². The zero-order chi connectivity index (χ0) is 24.1. The molecule has 4 rings (SSSR count). The van der Waals surface area contributed by atoms with E-state index in [-0.39, 0.29) is 18.2 Å². The van der Waals surface area contributed by atoms with Crippen molar-refractivity contribution in [2.75, 3.05) is 12.4 Å². The Bertz CT molecular complexity index is 1270. The molecule has 34 heavy (non-hydrogen) atoms. The summed E-state index contributed by atoms with van der Waals surface area (Å²) in [6.07, 6.45) is 1.40. The third kappa shape index (κ3) is 5.80. The molecule has 1 unspecified atom stereocenters. The molecule has 0 aliphatic carbocycles. The van der Waals surface area contributed by atoms with Crippen LogP contribution in [0.5, 0.6) is 5.75 Å². The molecule has 0 saturated carbocycles. The number of rotatable bonds is 7. The maximum Gasteiger partial charge on any atom is 0.240 e. The highest BCUT2D eigenvalue weighted by atomic mass is 35.5. The van der Waals surface area contributed by atoms with Gasteiger partial charge in [0.2, 0.25) is 11.8 Å². The Labute approximate surface area is 209 Å². The van der Waals surface area contributed by atoms with Crippen molar-refractivity contribution in [2.45, 2.75) is 11.7 Å². The highest BCUT2D eigenvalue weighted by Gasteiger charge is 2.32. The molecule has 11 heteroatoms. The lowest BCUT2D eigenvalue weighted by atomic mass is 10.2. The molecule has 2 heterocycles. The number of amides is 2. The van der Waals surface area contributed by atoms with E-state index in [9.17, 15) is 9.59 Å². The van der Waals surface area contributed by atoms with Crippen molar-refractivity contribution in [1.82, 2.24) is 5.32 Å². The van der Waals surface area contributed by atoms with Crippen LogP contribution in [0.3, 0.4) is 0 Å². The number of methoxy groups -OCH3 is 1. The first-order valence-electron chi connectivity index (χ1n) is 9.99. The summed E-state index contributed by atoms with van der Waals surface area (Å²) in [5.74, 6) is 1.07. The van der Waals surface area contributed by atoms with Gasteiger partial charge in [-0.1, -0.05) is 41.0 Å². The average molecular weight is 517 g/mol. The van der Waals surface area contributed by atoms with Gasteiger partial charge in [-0.15, -0.1) is 5.10 Å². The Hall–Kier alpha value is -3.27. The number of anilines is 1. The largest absolute Gasteiger partial charge is 0.497 e. The minimum absolute atomic E-state index is 0.00674. The normalized spacial score (nSPS) is 16.7. The van der Waals surface area contributed by atoms with Gasteiger partial charge in [0.25, 0.3) is 0 Å². The Balaban J connectivity index is 1.33. The smallest absolute Gasteiger partial charge is 0.240 e. The number of nitrogens with zero attached hydrogens (tertiary/aromatic N) is 2. The highest BCUT2D eigenvalue weighted by molar-refractivity contribution is 8.15. The van der Waals surface area contributed by atoms with Gasteiger partial charge in [0.05, 0.1) is 23.4 Å². The van der Waals surface area contributed by atoms with Crippen LogP contribution in [0.4, 0.5) is 5.69 Å². The number of amidine groups is 1. The number of carbonyl (C=O) groups excluding carboxylic acids is 2. The predicted molar refractivity (Wildman–Crippen MR) is 135 cm³/mol. The zero-order valence-corrected chi connectivity index (χ0v) is 20.1. The third-order valence-corrected chi connectivity index (χ3v) is 6.59. The first kappa shape index (κ1) is 23.9. The van der Waals surface area contributed by atoms with Crippen molar-refractivity contribution in [3.8, 4) is 17.1 Å². The molecular weight excluding hydrogens is 499 g/mol. The van der Waals surface area contributed by atoms with E-state index in [1.165, 1.54) is 6.21 Å². The van der Waals surface area contributed by atoms with Crippen molar-refractivity contribution in [2.24, 2.45) is 10.2 Å². The van der Waals surface area contributed by atoms with Gasteiger partial charge < -0.3 is 19.8 Å². The lowest BCUT2D eigenvalue weighted by Crippen LogP contribution is -2.28. The molecular formula is C23H18Cl2N4O4S. The summed E-state index contributed by atoms with van der Waals surface area (Å²) in [5, 5.41) is 13.9. The number of carbonyl (C=O) groups is 2. The molecule has 1 aliphatic rings. The van der Waals surface area contributed by atoms with Gasteiger partial charge in [0.1, 0.15) is 22.5 Å². The first-order chi connectivity index (χ1) is 16.4. The molecule has 2 aromatic carbocycles. The topological polar surface area (TPSA) is 105 Å². The molecule has 174 valence electrons. The second-order valence-corrected chi connectivity index (χ2v) is 9.01. The standard InChI is InChI=1S/C23H18Cl2N4O4S/c1-32-14-7-5-13(6-8-14)27-20(30)11-19-22(31)28-23(34-19)29-26-12-15-9-10-18(33-15)16-3-2-4-17(24)21(16)25/h2-10,12,19H,11H2,1H3,(H,27,30)(H,28,29,31)/b26-12+. The van der Waals surface area contributed by atoms with Gasteiger partial charge >= 0.3 is 0 Å². The van der Waals surface area contributed by atoms with Crippen LogP contribution in [-0.2, 0) is 9.59 Å². The Kier molecular flexibility index (Phi) is 7.56. The minimum Gasteiger partial charge on any atom is -0.497 e. The van der Waals surface area contributed by atoms with Gasteiger partial charge in [-0.3, -0.25) is 9.59 Å². The van der Waals surface area contributed by atoms with Gasteiger partial charge in [0.15, 0.2) is 5.17 Å². The number of hydrogen-bond donors (Lipinski definition) is 2. The lowest BCUT2D eigenvalue weighted by molar-refractivity contribution is -0.122. The minimum atomic E-state index is -0.604. The van der Waals surface area contributed by atoms with Crippen LogP contribution in [0.25, 0.3) is 11.3 Å². The molecule has 8 nitrogen and oxygen atoms in total. The van der Waals surface area contributed by atoms with Crippen molar-refractivity contribution in [1.29, 1.82) is 0 Å². The van der Waals surface area contributed by atoms with Crippen molar-refractivity contribution in [3.63, 3.8) is 0 Å². The van der Waals surface area contributed by atoms with E-state index in [0.29, 0.717) is 43.7 Å². The van der Waals surface area contributed by atoms with Crippen LogP contribution in [0.2, 0.25) is 10.0 Å². The van der Waals surface area contributed by atoms with E-state index in [2.05, 4.69) is 20.8 Å². The SMILES string of the molecule is COc1ccc(NC(=O)CC2S/C(=N/N=C/c3ccc(-c4cccc(Cl)c4Cl)o3)NC2=O)cc1. The lowest BCUT2D eigenvalue weighted by Gasteiger charge is -2.08. The van der Waals surface area contributed by atoms with E-state index in [1.54, 1.807) is 61.7 Å². The van der Waals surface area contributed by atoms with Crippen LogP contribution in [0, 0.1) is 0 Å². The fourth-order valence-electron chi connectivity index (χ4n) is 3.04. The number of halogens is 2. The number of hydrogen-bond acceptors (Lipinski definition) is 7. The number of nitrogens with one attached hydrogen (secondary N) is 2. The number of thioether (sulfide) groups is 1. The molecule has 0 spiro atoms. The number of furan rings is 1.